The van der Waals surface area contributed by atoms with Gasteiger partial charge in [0, 0.05) is 63.0 Å². The van der Waals surface area contributed by atoms with Gasteiger partial charge < -0.3 is 21.3 Å². The number of allylic oxidation sites excluding steroid dienone is 2. The van der Waals surface area contributed by atoms with Crippen LogP contribution in [0.15, 0.2) is 84.9 Å². The molecule has 0 radical (unpaired) electrons. The minimum absolute atomic E-state index is 0.0680. The van der Waals surface area contributed by atoms with Crippen molar-refractivity contribution in [3.8, 4) is 0 Å². The van der Waals surface area contributed by atoms with E-state index in [9.17, 15) is 24.0 Å². The number of hydrogen-bond acceptors (Lipinski definition) is 5. The molecule has 0 saturated heterocycles. The van der Waals surface area contributed by atoms with E-state index in [1.54, 1.807) is 7.05 Å². The van der Waals surface area contributed by atoms with E-state index in [-0.39, 0.29) is 57.5 Å². The maximum absolute atomic E-state index is 13.9. The monoisotopic (exact) mass is 1020 g/mol. The van der Waals surface area contributed by atoms with Gasteiger partial charge in [0.1, 0.15) is 0 Å². The molecule has 2 aliphatic carbocycles. The van der Waals surface area contributed by atoms with Gasteiger partial charge in [-0.05, 0) is 168 Å². The van der Waals surface area contributed by atoms with Crippen LogP contribution in [0.2, 0.25) is 0 Å². The van der Waals surface area contributed by atoms with E-state index in [0.717, 1.165) is 42.4 Å². The van der Waals surface area contributed by atoms with Gasteiger partial charge in [0.15, 0.2) is 5.78 Å². The molecule has 0 fully saturated rings. The normalized spacial score (nSPS) is 16.7. The van der Waals surface area contributed by atoms with E-state index >= 15 is 0 Å². The summed E-state index contributed by atoms with van der Waals surface area (Å²) in [5, 5.41) is 11.6. The Balaban J connectivity index is 1.02. The zero-order valence-corrected chi connectivity index (χ0v) is 47.4. The summed E-state index contributed by atoms with van der Waals surface area (Å²) < 4.78 is 0. The van der Waals surface area contributed by atoms with Crippen LogP contribution >= 0.6 is 0 Å². The van der Waals surface area contributed by atoms with Gasteiger partial charge in [0.25, 0.3) is 5.91 Å². The number of Topliss-reactive ketones (excluding diaryl/α,β-unsaturated/α-hetero) is 1. The molecule has 0 saturated carbocycles. The average Bonchev–Trinajstić information content (AvgIpc) is 3.38. The summed E-state index contributed by atoms with van der Waals surface area (Å²) in [7, 11) is 1.59. The van der Waals surface area contributed by atoms with Crippen LogP contribution in [0, 0.1) is 5.92 Å². The number of unbranched alkanes of at least 4 members (excludes halogenated alkanes) is 3. The topological polar surface area (TPSA) is 133 Å². The van der Waals surface area contributed by atoms with Gasteiger partial charge in [0.05, 0.1) is 0 Å². The standard InChI is InChI=1S/C66H88N4O5/c1-45(51-29-31-54-56(42-51)65(7,8)35-33-63(54,3)4)40-47-21-25-49(26-22-47)58(71)44-53(62(75)70-38-15-12-14-37-68-60(73)20-17-19-59(72)67-11)18-13-16-39-69-61(74)50-27-23-48(24-28-50)41-46(2)52-30-32-55-57(43-52)66(9,10)36-34-64(55,5)6/h21-32,40-43,53H,12-20,33-39,44H2,1-11H3,(H,67,72)(H,68,73)(H,69,74)(H,70,75)/b45-40+,46-41+. The number of carbonyl (C=O) groups excluding carboxylic acids is 5. The van der Waals surface area contributed by atoms with Crippen LogP contribution in [0.3, 0.4) is 0 Å². The number of amides is 4. The third-order valence-electron chi connectivity index (χ3n) is 16.4. The Hall–Kier alpha value is -6.09. The molecule has 4 amide bonds. The second kappa shape index (κ2) is 25.6. The zero-order valence-electron chi connectivity index (χ0n) is 47.4. The first kappa shape index (κ1) is 58.2. The second-order valence-corrected chi connectivity index (χ2v) is 24.3. The fourth-order valence-electron chi connectivity index (χ4n) is 11.0. The van der Waals surface area contributed by atoms with Crippen LogP contribution in [-0.4, -0.2) is 56.1 Å². The van der Waals surface area contributed by atoms with Crippen LogP contribution in [0.5, 0.6) is 0 Å². The molecule has 1 unspecified atom stereocenters. The van der Waals surface area contributed by atoms with Gasteiger partial charge in [-0.25, -0.2) is 0 Å². The Labute approximate surface area is 450 Å². The maximum Gasteiger partial charge on any atom is 0.251 e. The van der Waals surface area contributed by atoms with Crippen molar-refractivity contribution >= 4 is 52.7 Å². The van der Waals surface area contributed by atoms with Gasteiger partial charge in [0.2, 0.25) is 17.7 Å². The fourth-order valence-corrected chi connectivity index (χ4v) is 11.0. The van der Waals surface area contributed by atoms with Crippen molar-refractivity contribution in [1.82, 2.24) is 21.3 Å². The second-order valence-electron chi connectivity index (χ2n) is 24.3. The van der Waals surface area contributed by atoms with E-state index < -0.39 is 5.92 Å². The largest absolute Gasteiger partial charge is 0.359 e. The summed E-state index contributed by atoms with van der Waals surface area (Å²) in [4.78, 5) is 64.4. The number of ketones is 1. The Morgan fingerprint density at radius 3 is 1.41 bits per heavy atom. The number of nitrogens with one attached hydrogen (secondary N) is 4. The third kappa shape index (κ3) is 16.0. The molecular formula is C66H88N4O5. The molecule has 0 heterocycles. The molecule has 75 heavy (non-hydrogen) atoms. The SMILES string of the molecule is CNC(=O)CCCC(=O)NCCCCCNC(=O)C(CCCCNC(=O)c1ccc(/C=C(\C)c2ccc3c(c2)C(C)(C)CCC3(C)C)cc1)CC(=O)c1ccc(/C=C(\C)c2ccc3c(c2)C(C)(C)CCC3(C)C)cc1. The van der Waals surface area contributed by atoms with Gasteiger partial charge in [-0.1, -0.05) is 147 Å². The summed E-state index contributed by atoms with van der Waals surface area (Å²) in [6, 6.07) is 29.3. The minimum atomic E-state index is -0.522. The highest BCUT2D eigenvalue weighted by Gasteiger charge is 2.38. The average molecular weight is 1020 g/mol. The molecule has 9 heteroatoms. The number of carbonyl (C=O) groups is 5. The summed E-state index contributed by atoms with van der Waals surface area (Å²) in [5.41, 5.74) is 14.3. The lowest BCUT2D eigenvalue weighted by atomic mass is 9.63. The van der Waals surface area contributed by atoms with E-state index in [1.165, 1.54) is 58.2 Å². The molecule has 4 aromatic rings. The van der Waals surface area contributed by atoms with Crippen molar-refractivity contribution in [2.75, 3.05) is 26.7 Å². The van der Waals surface area contributed by atoms with Gasteiger partial charge in [-0.15, -0.1) is 0 Å². The Morgan fingerprint density at radius 1 is 0.480 bits per heavy atom. The van der Waals surface area contributed by atoms with Crippen LogP contribution < -0.4 is 21.3 Å². The predicted octanol–water partition coefficient (Wildman–Crippen LogP) is 13.6. The lowest BCUT2D eigenvalue weighted by Gasteiger charge is -2.42. The smallest absolute Gasteiger partial charge is 0.251 e. The van der Waals surface area contributed by atoms with E-state index in [0.29, 0.717) is 69.3 Å². The Morgan fingerprint density at radius 2 is 0.907 bits per heavy atom. The lowest BCUT2D eigenvalue weighted by molar-refractivity contribution is -0.125. The van der Waals surface area contributed by atoms with Crippen LogP contribution in [0.25, 0.3) is 23.3 Å². The molecule has 2 aliphatic rings. The van der Waals surface area contributed by atoms with Crippen molar-refractivity contribution in [2.24, 2.45) is 5.92 Å². The highest BCUT2D eigenvalue weighted by atomic mass is 16.2. The number of hydrogen-bond donors (Lipinski definition) is 4. The first-order valence-corrected chi connectivity index (χ1v) is 27.9. The molecule has 0 bridgehead atoms. The molecule has 0 aromatic heterocycles. The van der Waals surface area contributed by atoms with E-state index in [2.05, 4.69) is 139 Å². The van der Waals surface area contributed by atoms with Crippen molar-refractivity contribution in [3.05, 3.63) is 141 Å². The quantitative estimate of drug-likeness (QED) is 0.0315. The van der Waals surface area contributed by atoms with Crippen molar-refractivity contribution < 1.29 is 24.0 Å². The Bertz CT molecular complexity index is 2720. The third-order valence-corrected chi connectivity index (χ3v) is 16.4. The minimum Gasteiger partial charge on any atom is -0.359 e. The van der Waals surface area contributed by atoms with E-state index in [1.807, 2.05) is 48.5 Å². The number of rotatable bonds is 24. The van der Waals surface area contributed by atoms with E-state index in [4.69, 9.17) is 0 Å². The molecule has 402 valence electrons. The number of fused-ring (bicyclic) bond motifs is 2. The van der Waals surface area contributed by atoms with Crippen molar-refractivity contribution in [3.63, 3.8) is 0 Å². The van der Waals surface area contributed by atoms with Crippen LogP contribution in [-0.2, 0) is 36.0 Å². The molecular weight excluding hydrogens is 929 g/mol. The van der Waals surface area contributed by atoms with Gasteiger partial charge in [-0.2, -0.15) is 0 Å². The molecule has 4 aromatic carbocycles. The van der Waals surface area contributed by atoms with Crippen molar-refractivity contribution in [1.29, 1.82) is 0 Å². The first-order chi connectivity index (χ1) is 35.5. The molecule has 0 spiro atoms. The van der Waals surface area contributed by atoms with Gasteiger partial charge in [-0.3, -0.25) is 24.0 Å². The fraction of sp³-hybridized carbons (Fsp3) is 0.500. The molecule has 0 aliphatic heterocycles. The highest BCUT2D eigenvalue weighted by molar-refractivity contribution is 5.99. The zero-order chi connectivity index (χ0) is 54.6. The molecule has 1 atom stereocenters. The maximum atomic E-state index is 13.9. The summed E-state index contributed by atoms with van der Waals surface area (Å²) in [5.74, 6) is -1.03. The lowest BCUT2D eigenvalue weighted by Crippen LogP contribution is -2.33. The van der Waals surface area contributed by atoms with Crippen molar-refractivity contribution in [2.45, 2.75) is 181 Å². The molecule has 9 nitrogen and oxygen atoms in total. The predicted molar refractivity (Wildman–Crippen MR) is 310 cm³/mol. The number of benzene rings is 4. The highest BCUT2D eigenvalue weighted by Crippen LogP contribution is 2.48. The first-order valence-electron chi connectivity index (χ1n) is 27.9. The molecule has 6 rings (SSSR count). The summed E-state index contributed by atoms with van der Waals surface area (Å²) >= 11 is 0. The Kier molecular flexibility index (Phi) is 19.9. The molecule has 4 N–H and O–H groups in total. The van der Waals surface area contributed by atoms with Crippen LogP contribution in [0.4, 0.5) is 0 Å². The van der Waals surface area contributed by atoms with Gasteiger partial charge >= 0.3 is 0 Å². The summed E-state index contributed by atoms with van der Waals surface area (Å²) in [6.45, 7) is 24.5. The summed E-state index contributed by atoms with van der Waals surface area (Å²) in [6.07, 6.45) is 14.4. The van der Waals surface area contributed by atoms with Crippen LogP contribution in [0.1, 0.15) is 224 Å².